The first kappa shape index (κ1) is 20.2. The second-order valence-electron chi connectivity index (χ2n) is 7.59. The van der Waals surface area contributed by atoms with E-state index in [0.29, 0.717) is 25.3 Å². The van der Waals surface area contributed by atoms with E-state index in [0.717, 1.165) is 25.0 Å². The summed E-state index contributed by atoms with van der Waals surface area (Å²) in [6, 6.07) is 10.1. The first-order valence-electron chi connectivity index (χ1n) is 9.82. The lowest BCUT2D eigenvalue weighted by atomic mass is 9.92. The highest BCUT2D eigenvalue weighted by Crippen LogP contribution is 2.52. The van der Waals surface area contributed by atoms with Crippen molar-refractivity contribution >= 4 is 11.7 Å². The average Bonchev–Trinajstić information content (AvgIpc) is 3.49. The predicted octanol–water partition coefficient (Wildman–Crippen LogP) is 1.58. The van der Waals surface area contributed by atoms with Crippen LogP contribution in [0.2, 0.25) is 0 Å². The van der Waals surface area contributed by atoms with Crippen molar-refractivity contribution in [2.75, 3.05) is 24.6 Å². The van der Waals surface area contributed by atoms with Gasteiger partial charge in [0.15, 0.2) is 11.5 Å². The van der Waals surface area contributed by atoms with Crippen molar-refractivity contribution in [3.05, 3.63) is 53.5 Å². The van der Waals surface area contributed by atoms with E-state index in [1.165, 1.54) is 5.56 Å². The molecule has 7 nitrogen and oxygen atoms in total. The minimum absolute atomic E-state index is 0.101. The van der Waals surface area contributed by atoms with Gasteiger partial charge in [0, 0.05) is 31.2 Å². The van der Waals surface area contributed by atoms with E-state index in [4.69, 9.17) is 16.6 Å². The van der Waals surface area contributed by atoms with E-state index in [1.807, 2.05) is 30.0 Å². The number of carbonyl (C=O) groups excluding carboxylic acids is 1. The zero-order chi connectivity index (χ0) is 20.1. The molecule has 28 heavy (non-hydrogen) atoms. The molecule has 150 valence electrons. The highest BCUT2D eigenvalue weighted by atomic mass is 16.2. The largest absolute Gasteiger partial charge is 0.396 e. The highest BCUT2D eigenvalue weighted by molar-refractivity contribution is 5.95. The lowest BCUT2D eigenvalue weighted by Crippen LogP contribution is -2.38. The number of benzene rings is 1. The van der Waals surface area contributed by atoms with Gasteiger partial charge in [0.1, 0.15) is 0 Å². The van der Waals surface area contributed by atoms with Crippen LogP contribution >= 0.6 is 0 Å². The molecule has 7 heteroatoms. The Labute approximate surface area is 165 Å². The molecule has 0 saturated heterocycles. The van der Waals surface area contributed by atoms with E-state index in [9.17, 15) is 4.79 Å². The topological polar surface area (TPSA) is 118 Å². The molecule has 0 spiro atoms. The van der Waals surface area contributed by atoms with Crippen molar-refractivity contribution in [2.45, 2.75) is 44.1 Å². The van der Waals surface area contributed by atoms with E-state index < -0.39 is 5.91 Å². The van der Waals surface area contributed by atoms with E-state index in [2.05, 4.69) is 22.1 Å². The number of amides is 1. The van der Waals surface area contributed by atoms with Crippen LogP contribution in [-0.4, -0.2) is 46.7 Å². The van der Waals surface area contributed by atoms with Crippen LogP contribution in [0.4, 0.5) is 5.82 Å². The van der Waals surface area contributed by atoms with E-state index in [-0.39, 0.29) is 23.8 Å². The number of aliphatic hydroxyl groups is 1. The maximum absolute atomic E-state index is 12.2. The molecule has 5 N–H and O–H groups in total. The smallest absolute Gasteiger partial charge is 0.271 e. The maximum atomic E-state index is 12.2. The number of carbonyl (C=O) groups is 1. The Balaban J connectivity index is 1.95. The SMILES string of the molecule is CC(N)CN(CCCCO)c1ncc(C2(c3ccccc3)CC2)nc1C(N)=O. The van der Waals surface area contributed by atoms with Gasteiger partial charge in [-0.05, 0) is 38.2 Å². The second-order valence-corrected chi connectivity index (χ2v) is 7.59. The van der Waals surface area contributed by atoms with Gasteiger partial charge < -0.3 is 21.5 Å². The van der Waals surface area contributed by atoms with Gasteiger partial charge in [-0.3, -0.25) is 4.79 Å². The fraction of sp³-hybridized carbons (Fsp3) is 0.476. The van der Waals surface area contributed by atoms with Crippen molar-refractivity contribution in [3.63, 3.8) is 0 Å². The molecule has 3 rings (SSSR count). The zero-order valence-corrected chi connectivity index (χ0v) is 16.3. The second kappa shape index (κ2) is 8.67. The normalized spacial score (nSPS) is 15.8. The Kier molecular flexibility index (Phi) is 6.26. The third-order valence-electron chi connectivity index (χ3n) is 5.20. The number of aliphatic hydroxyl groups excluding tert-OH is 1. The van der Waals surface area contributed by atoms with Gasteiger partial charge >= 0.3 is 0 Å². The standard InChI is InChI=1S/C21H29N5O2/c1-15(22)14-26(11-5-6-12-27)20-18(19(23)28)25-17(13-24-20)21(9-10-21)16-7-3-2-4-8-16/h2-4,7-8,13,15,27H,5-6,9-12,14,22H2,1H3,(H2,23,28). The first-order chi connectivity index (χ1) is 13.5. The fourth-order valence-electron chi connectivity index (χ4n) is 3.63. The van der Waals surface area contributed by atoms with Crippen LogP contribution < -0.4 is 16.4 Å². The summed E-state index contributed by atoms with van der Waals surface area (Å²) >= 11 is 0. The third-order valence-corrected chi connectivity index (χ3v) is 5.20. The lowest BCUT2D eigenvalue weighted by molar-refractivity contribution is 0.0995. The van der Waals surface area contributed by atoms with E-state index >= 15 is 0 Å². The summed E-state index contributed by atoms with van der Waals surface area (Å²) in [4.78, 5) is 23.4. The third kappa shape index (κ3) is 4.31. The number of anilines is 1. The number of nitrogens with zero attached hydrogens (tertiary/aromatic N) is 3. The molecule has 1 saturated carbocycles. The van der Waals surface area contributed by atoms with Crippen LogP contribution in [0, 0.1) is 0 Å². The average molecular weight is 383 g/mol. The van der Waals surface area contributed by atoms with Crippen molar-refractivity contribution in [1.29, 1.82) is 0 Å². The van der Waals surface area contributed by atoms with Crippen LogP contribution in [0.25, 0.3) is 0 Å². The summed E-state index contributed by atoms with van der Waals surface area (Å²) in [5, 5.41) is 9.07. The van der Waals surface area contributed by atoms with Crippen molar-refractivity contribution in [3.8, 4) is 0 Å². The minimum Gasteiger partial charge on any atom is -0.396 e. The number of aromatic nitrogens is 2. The molecular weight excluding hydrogens is 354 g/mol. The summed E-state index contributed by atoms with van der Waals surface area (Å²) in [6.07, 6.45) is 5.15. The first-order valence-corrected chi connectivity index (χ1v) is 9.82. The Bertz CT molecular complexity index is 806. The zero-order valence-electron chi connectivity index (χ0n) is 16.3. The minimum atomic E-state index is -0.593. The Morgan fingerprint density at radius 2 is 2.00 bits per heavy atom. The molecule has 1 fully saturated rings. The lowest BCUT2D eigenvalue weighted by Gasteiger charge is -2.27. The molecule has 1 aromatic carbocycles. The molecule has 1 aliphatic rings. The van der Waals surface area contributed by atoms with Crippen LogP contribution in [0.15, 0.2) is 36.5 Å². The fourth-order valence-corrected chi connectivity index (χ4v) is 3.63. The monoisotopic (exact) mass is 383 g/mol. The van der Waals surface area contributed by atoms with Gasteiger partial charge in [0.2, 0.25) is 0 Å². The molecule has 0 aliphatic heterocycles. The Hall–Kier alpha value is -2.51. The summed E-state index contributed by atoms with van der Waals surface area (Å²) in [6.45, 7) is 3.18. The van der Waals surface area contributed by atoms with Gasteiger partial charge in [0.05, 0.1) is 11.9 Å². The summed E-state index contributed by atoms with van der Waals surface area (Å²) in [5.74, 6) is -0.125. The number of hydrogen-bond donors (Lipinski definition) is 3. The maximum Gasteiger partial charge on any atom is 0.271 e. The number of nitrogens with two attached hydrogens (primary N) is 2. The van der Waals surface area contributed by atoms with E-state index in [1.54, 1.807) is 6.20 Å². The van der Waals surface area contributed by atoms with Gasteiger partial charge in [-0.1, -0.05) is 30.3 Å². The molecule has 1 unspecified atom stereocenters. The molecule has 2 aromatic rings. The molecule has 0 bridgehead atoms. The molecule has 0 radical (unpaired) electrons. The van der Waals surface area contributed by atoms with Gasteiger partial charge in [0.25, 0.3) is 5.91 Å². The molecule has 1 atom stereocenters. The molecule has 1 aromatic heterocycles. The van der Waals surface area contributed by atoms with Crippen molar-refractivity contribution in [1.82, 2.24) is 9.97 Å². The van der Waals surface area contributed by atoms with Crippen molar-refractivity contribution in [2.24, 2.45) is 11.5 Å². The summed E-state index contributed by atoms with van der Waals surface area (Å²) in [7, 11) is 0. The molecule has 1 heterocycles. The summed E-state index contributed by atoms with van der Waals surface area (Å²) in [5.41, 5.74) is 13.6. The number of hydrogen-bond acceptors (Lipinski definition) is 6. The van der Waals surface area contributed by atoms with Gasteiger partial charge in [-0.2, -0.15) is 0 Å². The number of primary amides is 1. The predicted molar refractivity (Wildman–Crippen MR) is 109 cm³/mol. The van der Waals surface area contributed by atoms with Crippen molar-refractivity contribution < 1.29 is 9.90 Å². The van der Waals surface area contributed by atoms with Gasteiger partial charge in [-0.25, -0.2) is 9.97 Å². The van der Waals surface area contributed by atoms with Crippen LogP contribution in [0.5, 0.6) is 0 Å². The molecule has 1 aliphatic carbocycles. The summed E-state index contributed by atoms with van der Waals surface area (Å²) < 4.78 is 0. The van der Waals surface area contributed by atoms with Crippen LogP contribution in [0.3, 0.4) is 0 Å². The van der Waals surface area contributed by atoms with Gasteiger partial charge in [-0.15, -0.1) is 0 Å². The molecule has 1 amide bonds. The van der Waals surface area contributed by atoms with Crippen LogP contribution in [0.1, 0.15) is 54.4 Å². The Morgan fingerprint density at radius 3 is 2.57 bits per heavy atom. The quantitative estimate of drug-likeness (QED) is 0.536. The Morgan fingerprint density at radius 1 is 1.29 bits per heavy atom. The number of rotatable bonds is 10. The number of unbranched alkanes of at least 4 members (excludes halogenated alkanes) is 1. The highest BCUT2D eigenvalue weighted by Gasteiger charge is 2.47. The molecular formula is C21H29N5O2. The van der Waals surface area contributed by atoms with Crippen LogP contribution in [-0.2, 0) is 5.41 Å².